The molecule has 2 fully saturated rings. The zero-order valence-corrected chi connectivity index (χ0v) is 12.0. The van der Waals surface area contributed by atoms with Gasteiger partial charge in [0.05, 0.1) is 6.10 Å². The summed E-state index contributed by atoms with van der Waals surface area (Å²) in [5.41, 5.74) is 5.57. The maximum Gasteiger partial charge on any atom is 0.251 e. The van der Waals surface area contributed by atoms with Gasteiger partial charge in [0.15, 0.2) is 0 Å². The third-order valence-corrected chi connectivity index (χ3v) is 3.63. The fraction of sp³-hybridized carbons (Fsp3) is 0.923. The van der Waals surface area contributed by atoms with E-state index in [9.17, 15) is 4.79 Å². The van der Waals surface area contributed by atoms with Crippen molar-refractivity contribution in [1.29, 1.82) is 0 Å². The topological polar surface area (TPSA) is 55.6 Å². The summed E-state index contributed by atoms with van der Waals surface area (Å²) in [6.45, 7) is 4.44. The maximum absolute atomic E-state index is 12.3. The van der Waals surface area contributed by atoms with Gasteiger partial charge in [0.2, 0.25) is 0 Å². The molecule has 0 spiro atoms. The fourth-order valence-electron chi connectivity index (χ4n) is 2.44. The SMILES string of the molecule is CCCN(CC1CC1)C(=O)[C@@H]1CC[C@H](CN)O1.Cl. The van der Waals surface area contributed by atoms with Crippen LogP contribution in [0.25, 0.3) is 0 Å². The summed E-state index contributed by atoms with van der Waals surface area (Å²) >= 11 is 0. The Morgan fingerprint density at radius 2 is 2.06 bits per heavy atom. The third kappa shape index (κ3) is 4.11. The van der Waals surface area contributed by atoms with Crippen LogP contribution in [0.3, 0.4) is 0 Å². The largest absolute Gasteiger partial charge is 0.364 e. The van der Waals surface area contributed by atoms with Crippen LogP contribution in [-0.2, 0) is 9.53 Å². The molecule has 18 heavy (non-hydrogen) atoms. The summed E-state index contributed by atoms with van der Waals surface area (Å²) in [7, 11) is 0. The van der Waals surface area contributed by atoms with E-state index in [2.05, 4.69) is 6.92 Å². The molecule has 106 valence electrons. The fourth-order valence-corrected chi connectivity index (χ4v) is 2.44. The molecular weight excluding hydrogens is 252 g/mol. The Labute approximate surface area is 116 Å². The molecule has 0 aromatic rings. The molecule has 5 heteroatoms. The molecule has 1 amide bonds. The van der Waals surface area contributed by atoms with Crippen LogP contribution in [0.15, 0.2) is 0 Å². The molecule has 0 bridgehead atoms. The van der Waals surface area contributed by atoms with Gasteiger partial charge in [0.25, 0.3) is 5.91 Å². The average molecular weight is 277 g/mol. The molecule has 2 rings (SSSR count). The summed E-state index contributed by atoms with van der Waals surface area (Å²) in [6.07, 6.45) is 5.21. The van der Waals surface area contributed by atoms with Crippen LogP contribution in [-0.4, -0.2) is 42.6 Å². The van der Waals surface area contributed by atoms with Gasteiger partial charge in [-0.15, -0.1) is 12.4 Å². The number of hydrogen-bond donors (Lipinski definition) is 1. The number of nitrogens with zero attached hydrogens (tertiary/aromatic N) is 1. The number of hydrogen-bond acceptors (Lipinski definition) is 3. The highest BCUT2D eigenvalue weighted by atomic mass is 35.5. The first kappa shape index (κ1) is 15.7. The minimum absolute atomic E-state index is 0. The zero-order valence-electron chi connectivity index (χ0n) is 11.1. The molecule has 1 saturated carbocycles. The van der Waals surface area contributed by atoms with E-state index in [0.717, 1.165) is 38.3 Å². The molecule has 2 aliphatic rings. The van der Waals surface area contributed by atoms with Crippen molar-refractivity contribution >= 4 is 18.3 Å². The summed E-state index contributed by atoms with van der Waals surface area (Å²) < 4.78 is 5.69. The molecular formula is C13H25ClN2O2. The van der Waals surface area contributed by atoms with Crippen LogP contribution in [0.2, 0.25) is 0 Å². The van der Waals surface area contributed by atoms with Crippen molar-refractivity contribution < 1.29 is 9.53 Å². The number of carbonyl (C=O) groups excluding carboxylic acids is 1. The number of amides is 1. The lowest BCUT2D eigenvalue weighted by Crippen LogP contribution is -2.41. The standard InChI is InChI=1S/C13H24N2O2.ClH/c1-2-7-15(9-10-3-4-10)13(16)12-6-5-11(8-14)17-12;/h10-12H,2-9,14H2,1H3;1H/t11-,12+;/m1./s1. The van der Waals surface area contributed by atoms with E-state index in [-0.39, 0.29) is 30.5 Å². The third-order valence-electron chi connectivity index (χ3n) is 3.63. The maximum atomic E-state index is 12.3. The summed E-state index contributed by atoms with van der Waals surface area (Å²) in [5.74, 6) is 0.937. The number of rotatable bonds is 6. The highest BCUT2D eigenvalue weighted by Crippen LogP contribution is 2.30. The normalized spacial score (nSPS) is 26.8. The molecule has 1 heterocycles. The molecule has 1 aliphatic heterocycles. The average Bonchev–Trinajstić information content (AvgIpc) is 3.02. The van der Waals surface area contributed by atoms with Gasteiger partial charge in [-0.1, -0.05) is 6.92 Å². The van der Waals surface area contributed by atoms with Crippen LogP contribution in [0, 0.1) is 5.92 Å². The van der Waals surface area contributed by atoms with E-state index >= 15 is 0 Å². The van der Waals surface area contributed by atoms with E-state index in [4.69, 9.17) is 10.5 Å². The van der Waals surface area contributed by atoms with Crippen molar-refractivity contribution in [2.24, 2.45) is 11.7 Å². The van der Waals surface area contributed by atoms with E-state index in [0.29, 0.717) is 6.54 Å². The monoisotopic (exact) mass is 276 g/mol. The second-order valence-electron chi connectivity index (χ2n) is 5.29. The number of halogens is 1. The Hall–Kier alpha value is -0.320. The molecule has 1 aliphatic carbocycles. The van der Waals surface area contributed by atoms with Gasteiger partial charge >= 0.3 is 0 Å². The van der Waals surface area contributed by atoms with Gasteiger partial charge in [-0.25, -0.2) is 0 Å². The predicted molar refractivity (Wildman–Crippen MR) is 73.8 cm³/mol. The lowest BCUT2D eigenvalue weighted by atomic mass is 10.1. The van der Waals surface area contributed by atoms with Gasteiger partial charge in [-0.05, 0) is 38.0 Å². The molecule has 0 radical (unpaired) electrons. The van der Waals surface area contributed by atoms with Crippen molar-refractivity contribution in [1.82, 2.24) is 4.90 Å². The summed E-state index contributed by atoms with van der Waals surface area (Å²) in [6, 6.07) is 0. The van der Waals surface area contributed by atoms with Gasteiger partial charge in [-0.3, -0.25) is 4.79 Å². The Morgan fingerprint density at radius 3 is 2.56 bits per heavy atom. The lowest BCUT2D eigenvalue weighted by molar-refractivity contribution is -0.143. The number of carbonyl (C=O) groups is 1. The van der Waals surface area contributed by atoms with E-state index in [1.807, 2.05) is 4.90 Å². The van der Waals surface area contributed by atoms with Crippen LogP contribution < -0.4 is 5.73 Å². The Kier molecular flexibility index (Phi) is 6.39. The van der Waals surface area contributed by atoms with Crippen molar-refractivity contribution in [3.05, 3.63) is 0 Å². The molecule has 4 nitrogen and oxygen atoms in total. The predicted octanol–water partition coefficient (Wildman–Crippen LogP) is 1.56. The number of nitrogens with two attached hydrogens (primary N) is 1. The first-order chi connectivity index (χ1) is 8.24. The van der Waals surface area contributed by atoms with Crippen LogP contribution in [0.4, 0.5) is 0 Å². The summed E-state index contributed by atoms with van der Waals surface area (Å²) in [4.78, 5) is 14.3. The Balaban J connectivity index is 0.00000162. The molecule has 2 N–H and O–H groups in total. The minimum atomic E-state index is -0.228. The lowest BCUT2D eigenvalue weighted by Gasteiger charge is -2.25. The Morgan fingerprint density at radius 1 is 1.33 bits per heavy atom. The minimum Gasteiger partial charge on any atom is -0.364 e. The quantitative estimate of drug-likeness (QED) is 0.801. The van der Waals surface area contributed by atoms with Crippen molar-refractivity contribution in [2.45, 2.75) is 51.2 Å². The highest BCUT2D eigenvalue weighted by molar-refractivity contribution is 5.85. The molecule has 1 saturated heterocycles. The number of ether oxygens (including phenoxy) is 1. The van der Waals surface area contributed by atoms with Crippen LogP contribution in [0.1, 0.15) is 39.0 Å². The smallest absolute Gasteiger partial charge is 0.251 e. The summed E-state index contributed by atoms with van der Waals surface area (Å²) in [5, 5.41) is 0. The first-order valence-electron chi connectivity index (χ1n) is 6.89. The van der Waals surface area contributed by atoms with Crippen LogP contribution in [0.5, 0.6) is 0 Å². The van der Waals surface area contributed by atoms with Crippen LogP contribution >= 0.6 is 12.4 Å². The molecule has 0 unspecified atom stereocenters. The van der Waals surface area contributed by atoms with Crippen molar-refractivity contribution in [3.63, 3.8) is 0 Å². The van der Waals surface area contributed by atoms with Gasteiger partial charge in [0, 0.05) is 19.6 Å². The second kappa shape index (κ2) is 7.31. The molecule has 2 atom stereocenters. The van der Waals surface area contributed by atoms with Gasteiger partial charge < -0.3 is 15.4 Å². The van der Waals surface area contributed by atoms with E-state index in [1.54, 1.807) is 0 Å². The first-order valence-corrected chi connectivity index (χ1v) is 6.89. The highest BCUT2D eigenvalue weighted by Gasteiger charge is 2.34. The molecule has 0 aromatic heterocycles. The molecule has 0 aromatic carbocycles. The second-order valence-corrected chi connectivity index (χ2v) is 5.29. The van der Waals surface area contributed by atoms with Crippen molar-refractivity contribution in [2.75, 3.05) is 19.6 Å². The Bertz CT molecular complexity index is 272. The van der Waals surface area contributed by atoms with Crippen molar-refractivity contribution in [3.8, 4) is 0 Å². The van der Waals surface area contributed by atoms with Gasteiger partial charge in [-0.2, -0.15) is 0 Å². The van der Waals surface area contributed by atoms with Gasteiger partial charge in [0.1, 0.15) is 6.10 Å². The van der Waals surface area contributed by atoms with E-state index in [1.165, 1.54) is 12.8 Å². The zero-order chi connectivity index (χ0) is 12.3. The van der Waals surface area contributed by atoms with E-state index < -0.39 is 0 Å².